The minimum absolute atomic E-state index is 0.123. The maximum Gasteiger partial charge on any atom is 0.253 e. The molecule has 11 heteroatoms. The van der Waals surface area contributed by atoms with Gasteiger partial charge in [-0.25, -0.2) is 26.0 Å². The Kier molecular flexibility index (Phi) is 6.84. The Bertz CT molecular complexity index is 1460. The molecule has 0 aliphatic carbocycles. The van der Waals surface area contributed by atoms with Crippen molar-refractivity contribution in [2.24, 2.45) is 0 Å². The van der Waals surface area contributed by atoms with Gasteiger partial charge in [-0.3, -0.25) is 4.79 Å². The topological polar surface area (TPSA) is 81.5 Å². The lowest BCUT2D eigenvalue weighted by atomic mass is 10.0. The van der Waals surface area contributed by atoms with E-state index >= 15 is 0 Å². The largest absolute Gasteiger partial charge is 0.336 e. The van der Waals surface area contributed by atoms with Gasteiger partial charge < -0.3 is 4.90 Å². The molecule has 186 valence electrons. The standard InChI is InChI=1S/C25H19F4N3O3S/c1-15-14-31(25(33)18-9-5-8-17(12-18)16-6-3-2-4-7-16)10-11-32(15)36(34,35)24-22(28)20(26)19(13-30)21(27)23(24)29/h2-9,12,15H,10-11,14H2,1H3/t15-/m0/s1. The molecular formula is C25H19F4N3O3S. The van der Waals surface area contributed by atoms with Crippen LogP contribution in [-0.2, 0) is 10.0 Å². The normalized spacial score (nSPS) is 16.6. The lowest BCUT2D eigenvalue weighted by Crippen LogP contribution is -2.55. The van der Waals surface area contributed by atoms with Gasteiger partial charge >= 0.3 is 0 Å². The first kappa shape index (κ1) is 25.3. The summed E-state index contributed by atoms with van der Waals surface area (Å²) in [6.45, 7) is 0.792. The van der Waals surface area contributed by atoms with Gasteiger partial charge in [-0.15, -0.1) is 0 Å². The number of rotatable bonds is 4. The Balaban J connectivity index is 1.59. The summed E-state index contributed by atoms with van der Waals surface area (Å²) in [6.07, 6.45) is 0. The minimum Gasteiger partial charge on any atom is -0.336 e. The Hall–Kier alpha value is -3.75. The van der Waals surface area contributed by atoms with Gasteiger partial charge in [0.15, 0.2) is 28.2 Å². The number of carbonyl (C=O) groups excluding carboxylic acids is 1. The van der Waals surface area contributed by atoms with Crippen molar-refractivity contribution in [2.45, 2.75) is 17.9 Å². The number of benzene rings is 3. The van der Waals surface area contributed by atoms with Crippen molar-refractivity contribution >= 4 is 15.9 Å². The molecule has 1 aliphatic heterocycles. The lowest BCUT2D eigenvalue weighted by molar-refractivity contribution is 0.0641. The van der Waals surface area contributed by atoms with E-state index in [1.165, 1.54) is 11.8 Å². The quantitative estimate of drug-likeness (QED) is 0.382. The van der Waals surface area contributed by atoms with Gasteiger partial charge in [-0.1, -0.05) is 42.5 Å². The number of halogens is 4. The maximum absolute atomic E-state index is 14.5. The highest BCUT2D eigenvalue weighted by Gasteiger charge is 2.41. The third-order valence-corrected chi connectivity index (χ3v) is 8.01. The van der Waals surface area contributed by atoms with E-state index in [0.29, 0.717) is 9.87 Å². The van der Waals surface area contributed by atoms with Gasteiger partial charge in [-0.2, -0.15) is 9.57 Å². The zero-order valence-corrected chi connectivity index (χ0v) is 19.7. The molecule has 1 saturated heterocycles. The van der Waals surface area contributed by atoms with Gasteiger partial charge in [-0.05, 0) is 30.2 Å². The molecule has 0 saturated carbocycles. The molecule has 1 heterocycles. The van der Waals surface area contributed by atoms with Crippen LogP contribution in [0.4, 0.5) is 17.6 Å². The van der Waals surface area contributed by atoms with Crippen LogP contribution in [-0.4, -0.2) is 49.2 Å². The SMILES string of the molecule is C[C@H]1CN(C(=O)c2cccc(-c3ccccc3)c2)CCN1S(=O)(=O)c1c(F)c(F)c(C#N)c(F)c1F. The fourth-order valence-electron chi connectivity index (χ4n) is 4.18. The smallest absolute Gasteiger partial charge is 0.253 e. The molecule has 6 nitrogen and oxygen atoms in total. The van der Waals surface area contributed by atoms with Crippen LogP contribution in [0.15, 0.2) is 59.5 Å². The lowest BCUT2D eigenvalue weighted by Gasteiger charge is -2.39. The van der Waals surface area contributed by atoms with E-state index < -0.39 is 49.8 Å². The molecule has 0 radical (unpaired) electrons. The summed E-state index contributed by atoms with van der Waals surface area (Å²) in [5, 5.41) is 8.73. The van der Waals surface area contributed by atoms with Crippen molar-refractivity contribution in [1.82, 2.24) is 9.21 Å². The first-order valence-corrected chi connectivity index (χ1v) is 12.2. The molecule has 1 atom stereocenters. The summed E-state index contributed by atoms with van der Waals surface area (Å²) in [7, 11) is -5.04. The number of nitriles is 1. The number of carbonyl (C=O) groups is 1. The molecule has 1 amide bonds. The molecular weight excluding hydrogens is 498 g/mol. The summed E-state index contributed by atoms with van der Waals surface area (Å²) >= 11 is 0. The fraction of sp³-hybridized carbons (Fsp3) is 0.200. The number of sulfonamides is 1. The van der Waals surface area contributed by atoms with E-state index in [1.54, 1.807) is 18.2 Å². The average molecular weight is 518 g/mol. The van der Waals surface area contributed by atoms with Crippen LogP contribution < -0.4 is 0 Å². The minimum atomic E-state index is -5.04. The van der Waals surface area contributed by atoms with E-state index in [9.17, 15) is 30.8 Å². The van der Waals surface area contributed by atoms with Crippen molar-refractivity contribution in [3.05, 3.63) is 89.0 Å². The number of amides is 1. The van der Waals surface area contributed by atoms with Crippen LogP contribution in [0, 0.1) is 34.6 Å². The molecule has 0 aromatic heterocycles. The molecule has 36 heavy (non-hydrogen) atoms. The van der Waals surface area contributed by atoms with E-state index in [1.807, 2.05) is 36.4 Å². The van der Waals surface area contributed by atoms with Crippen molar-refractivity contribution < 1.29 is 30.8 Å². The Morgan fingerprint density at radius 3 is 2.11 bits per heavy atom. The van der Waals surface area contributed by atoms with Crippen molar-refractivity contribution in [2.75, 3.05) is 19.6 Å². The van der Waals surface area contributed by atoms with E-state index in [4.69, 9.17) is 5.26 Å². The monoisotopic (exact) mass is 517 g/mol. The third-order valence-electron chi connectivity index (χ3n) is 5.97. The molecule has 1 fully saturated rings. The zero-order chi connectivity index (χ0) is 26.2. The molecule has 0 spiro atoms. The first-order valence-electron chi connectivity index (χ1n) is 10.8. The Labute approximate surface area is 205 Å². The first-order chi connectivity index (χ1) is 17.1. The van der Waals surface area contributed by atoms with Gasteiger partial charge in [0.1, 0.15) is 11.6 Å². The molecule has 3 aromatic rings. The number of hydrogen-bond donors (Lipinski definition) is 0. The number of piperazine rings is 1. The summed E-state index contributed by atoms with van der Waals surface area (Å²) in [5.74, 6) is -8.89. The predicted molar refractivity (Wildman–Crippen MR) is 122 cm³/mol. The average Bonchev–Trinajstić information content (AvgIpc) is 2.88. The predicted octanol–water partition coefficient (Wildman–Crippen LogP) is 4.32. The Morgan fingerprint density at radius 2 is 1.53 bits per heavy atom. The second-order valence-electron chi connectivity index (χ2n) is 8.23. The van der Waals surface area contributed by atoms with Crippen LogP contribution in [0.5, 0.6) is 0 Å². The van der Waals surface area contributed by atoms with Crippen LogP contribution in [0.2, 0.25) is 0 Å². The van der Waals surface area contributed by atoms with Gasteiger partial charge in [0.05, 0.1) is 0 Å². The zero-order valence-electron chi connectivity index (χ0n) is 18.9. The highest BCUT2D eigenvalue weighted by molar-refractivity contribution is 7.89. The van der Waals surface area contributed by atoms with E-state index in [-0.39, 0.29) is 25.5 Å². The van der Waals surface area contributed by atoms with Gasteiger partial charge in [0.25, 0.3) is 5.91 Å². The van der Waals surface area contributed by atoms with Gasteiger partial charge in [0, 0.05) is 31.2 Å². The second kappa shape index (κ2) is 9.72. The van der Waals surface area contributed by atoms with Gasteiger partial charge in [0.2, 0.25) is 10.0 Å². The summed E-state index contributed by atoms with van der Waals surface area (Å²) in [6, 6.07) is 16.3. The van der Waals surface area contributed by atoms with Crippen LogP contribution in [0.1, 0.15) is 22.8 Å². The third kappa shape index (κ3) is 4.34. The summed E-state index contributed by atoms with van der Waals surface area (Å²) < 4.78 is 83.8. The second-order valence-corrected chi connectivity index (χ2v) is 10.1. The maximum atomic E-state index is 14.5. The Morgan fingerprint density at radius 1 is 0.917 bits per heavy atom. The van der Waals surface area contributed by atoms with Crippen molar-refractivity contribution in [3.8, 4) is 17.2 Å². The van der Waals surface area contributed by atoms with Crippen LogP contribution >= 0.6 is 0 Å². The number of nitrogens with zero attached hydrogens (tertiary/aromatic N) is 3. The fourth-order valence-corrected chi connectivity index (χ4v) is 5.91. The highest BCUT2D eigenvalue weighted by Crippen LogP contribution is 2.31. The van der Waals surface area contributed by atoms with Crippen LogP contribution in [0.25, 0.3) is 11.1 Å². The molecule has 0 bridgehead atoms. The van der Waals surface area contributed by atoms with Crippen molar-refractivity contribution in [3.63, 3.8) is 0 Å². The van der Waals surface area contributed by atoms with E-state index in [0.717, 1.165) is 17.2 Å². The number of hydrogen-bond acceptors (Lipinski definition) is 4. The van der Waals surface area contributed by atoms with Crippen LogP contribution in [0.3, 0.4) is 0 Å². The van der Waals surface area contributed by atoms with E-state index in [2.05, 4.69) is 0 Å². The molecule has 0 unspecified atom stereocenters. The molecule has 0 N–H and O–H groups in total. The van der Waals surface area contributed by atoms with Crippen molar-refractivity contribution in [1.29, 1.82) is 5.26 Å². The summed E-state index contributed by atoms with van der Waals surface area (Å²) in [4.78, 5) is 12.7. The molecule has 3 aromatic carbocycles. The summed E-state index contributed by atoms with van der Waals surface area (Å²) in [5.41, 5.74) is 0.534. The molecule has 4 rings (SSSR count). The molecule has 1 aliphatic rings. The highest BCUT2D eigenvalue weighted by atomic mass is 32.2.